The number of amides is 1. The van der Waals surface area contributed by atoms with Gasteiger partial charge in [0.25, 0.3) is 0 Å². The molecule has 1 fully saturated rings. The van der Waals surface area contributed by atoms with Crippen LogP contribution in [0.15, 0.2) is 30.3 Å². The van der Waals surface area contributed by atoms with Gasteiger partial charge >= 0.3 is 0 Å². The maximum Gasteiger partial charge on any atom is 0.227 e. The van der Waals surface area contributed by atoms with Gasteiger partial charge in [-0.25, -0.2) is 0 Å². The van der Waals surface area contributed by atoms with Crippen molar-refractivity contribution in [1.82, 2.24) is 9.80 Å². The molecule has 0 saturated carbocycles. The fourth-order valence-corrected chi connectivity index (χ4v) is 3.26. The Morgan fingerprint density at radius 1 is 1.27 bits per heavy atom. The van der Waals surface area contributed by atoms with Gasteiger partial charge in [-0.15, -0.1) is 0 Å². The highest BCUT2D eigenvalue weighted by Gasteiger charge is 2.29. The van der Waals surface area contributed by atoms with Crippen molar-refractivity contribution in [3.05, 3.63) is 35.9 Å². The van der Waals surface area contributed by atoms with E-state index in [9.17, 15) is 4.79 Å². The molecule has 1 amide bonds. The van der Waals surface area contributed by atoms with Crippen LogP contribution in [-0.4, -0.2) is 49.4 Å². The van der Waals surface area contributed by atoms with Crippen LogP contribution in [0.3, 0.4) is 0 Å². The lowest BCUT2D eigenvalue weighted by Crippen LogP contribution is -2.44. The number of nitrogens with zero attached hydrogens (tertiary/aromatic N) is 2. The van der Waals surface area contributed by atoms with Crippen LogP contribution in [0, 0.1) is 11.8 Å². The van der Waals surface area contributed by atoms with E-state index in [1.54, 1.807) is 0 Å². The van der Waals surface area contributed by atoms with Gasteiger partial charge < -0.3 is 15.5 Å². The van der Waals surface area contributed by atoms with Gasteiger partial charge in [0.1, 0.15) is 0 Å². The summed E-state index contributed by atoms with van der Waals surface area (Å²) in [6.45, 7) is 4.79. The first-order valence-corrected chi connectivity index (χ1v) is 8.23. The molecule has 1 aliphatic rings. The predicted molar refractivity (Wildman–Crippen MR) is 90.4 cm³/mol. The second kappa shape index (κ2) is 7.75. The van der Waals surface area contributed by atoms with Gasteiger partial charge in [0.2, 0.25) is 5.91 Å². The third kappa shape index (κ3) is 4.31. The van der Waals surface area contributed by atoms with Crippen LogP contribution < -0.4 is 5.73 Å². The van der Waals surface area contributed by atoms with Crippen LogP contribution in [0.2, 0.25) is 0 Å². The summed E-state index contributed by atoms with van der Waals surface area (Å²) in [5.41, 5.74) is 7.32. The highest BCUT2D eigenvalue weighted by Crippen LogP contribution is 2.24. The molecule has 1 aromatic rings. The van der Waals surface area contributed by atoms with Gasteiger partial charge in [-0.3, -0.25) is 4.79 Å². The van der Waals surface area contributed by atoms with Crippen LogP contribution in [0.25, 0.3) is 0 Å². The molecule has 22 heavy (non-hydrogen) atoms. The lowest BCUT2D eigenvalue weighted by Gasteiger charge is -2.35. The molecule has 1 aliphatic heterocycles. The summed E-state index contributed by atoms with van der Waals surface area (Å²) in [7, 11) is 4.22. The van der Waals surface area contributed by atoms with Gasteiger partial charge in [-0.1, -0.05) is 37.3 Å². The number of piperidine rings is 1. The van der Waals surface area contributed by atoms with Crippen molar-refractivity contribution in [2.45, 2.75) is 25.8 Å². The van der Waals surface area contributed by atoms with E-state index in [2.05, 4.69) is 19.0 Å². The topological polar surface area (TPSA) is 49.6 Å². The summed E-state index contributed by atoms with van der Waals surface area (Å²) in [4.78, 5) is 16.9. The minimum absolute atomic E-state index is 0.173. The molecule has 0 spiro atoms. The normalized spacial score (nSPS) is 19.2. The summed E-state index contributed by atoms with van der Waals surface area (Å²) in [6, 6.07) is 9.68. The van der Waals surface area contributed by atoms with Crippen molar-refractivity contribution in [3.63, 3.8) is 0 Å². The SMILES string of the molecule is CC(C(=O)N1CCC(CN(C)C)CC1)C(N)c1ccccc1. The van der Waals surface area contributed by atoms with E-state index in [-0.39, 0.29) is 17.9 Å². The predicted octanol–water partition coefficient (Wildman–Crippen LogP) is 2.12. The Morgan fingerprint density at radius 3 is 2.41 bits per heavy atom. The Labute approximate surface area is 134 Å². The van der Waals surface area contributed by atoms with E-state index in [0.29, 0.717) is 5.92 Å². The molecule has 1 aromatic carbocycles. The third-order valence-corrected chi connectivity index (χ3v) is 4.66. The number of carbonyl (C=O) groups is 1. The molecule has 1 saturated heterocycles. The molecule has 2 unspecified atom stereocenters. The highest BCUT2D eigenvalue weighted by atomic mass is 16.2. The summed E-state index contributed by atoms with van der Waals surface area (Å²) in [5.74, 6) is 0.726. The monoisotopic (exact) mass is 303 g/mol. The number of benzene rings is 1. The zero-order valence-corrected chi connectivity index (χ0v) is 14.0. The van der Waals surface area contributed by atoms with E-state index >= 15 is 0 Å². The van der Waals surface area contributed by atoms with Crippen LogP contribution in [-0.2, 0) is 4.79 Å². The smallest absolute Gasteiger partial charge is 0.227 e. The first-order valence-electron chi connectivity index (χ1n) is 8.23. The minimum atomic E-state index is -0.229. The first-order chi connectivity index (χ1) is 10.5. The number of rotatable bonds is 5. The molecule has 0 aromatic heterocycles. The van der Waals surface area contributed by atoms with Gasteiger partial charge in [-0.2, -0.15) is 0 Å². The fourth-order valence-electron chi connectivity index (χ4n) is 3.26. The Bertz CT molecular complexity index is 466. The Balaban J connectivity index is 1.89. The Morgan fingerprint density at radius 2 is 1.86 bits per heavy atom. The van der Waals surface area contributed by atoms with Crippen LogP contribution in [0.1, 0.15) is 31.4 Å². The number of carbonyl (C=O) groups excluding carboxylic acids is 1. The largest absolute Gasteiger partial charge is 0.342 e. The third-order valence-electron chi connectivity index (χ3n) is 4.66. The van der Waals surface area contributed by atoms with Crippen molar-refractivity contribution in [3.8, 4) is 0 Å². The lowest BCUT2D eigenvalue weighted by molar-refractivity contribution is -0.137. The van der Waals surface area contributed by atoms with Crippen LogP contribution in [0.5, 0.6) is 0 Å². The number of hydrogen-bond acceptors (Lipinski definition) is 3. The zero-order chi connectivity index (χ0) is 16.1. The van der Waals surface area contributed by atoms with Gasteiger partial charge in [0.05, 0.1) is 5.92 Å². The molecule has 2 rings (SSSR count). The van der Waals surface area contributed by atoms with E-state index < -0.39 is 0 Å². The number of likely N-dealkylation sites (tertiary alicyclic amines) is 1. The Hall–Kier alpha value is -1.39. The van der Waals surface area contributed by atoms with Crippen LogP contribution >= 0.6 is 0 Å². The first kappa shape index (κ1) is 17.0. The average Bonchev–Trinajstić information content (AvgIpc) is 2.54. The maximum absolute atomic E-state index is 12.7. The quantitative estimate of drug-likeness (QED) is 0.906. The molecule has 0 aliphatic carbocycles. The van der Waals surface area contributed by atoms with Gasteiger partial charge in [-0.05, 0) is 38.4 Å². The van der Waals surface area contributed by atoms with Crippen LogP contribution in [0.4, 0.5) is 0 Å². The molecule has 0 bridgehead atoms. The van der Waals surface area contributed by atoms with Crippen molar-refractivity contribution >= 4 is 5.91 Å². The number of nitrogens with two attached hydrogens (primary N) is 1. The molecule has 2 N–H and O–H groups in total. The second-order valence-electron chi connectivity index (χ2n) is 6.76. The molecular formula is C18H29N3O. The maximum atomic E-state index is 12.7. The summed E-state index contributed by atoms with van der Waals surface area (Å²) < 4.78 is 0. The molecule has 122 valence electrons. The van der Waals surface area contributed by atoms with Crippen molar-refractivity contribution in [2.75, 3.05) is 33.7 Å². The van der Waals surface area contributed by atoms with E-state index in [1.807, 2.05) is 42.2 Å². The molecule has 4 nitrogen and oxygen atoms in total. The zero-order valence-electron chi connectivity index (χ0n) is 14.0. The average molecular weight is 303 g/mol. The molecule has 4 heteroatoms. The van der Waals surface area contributed by atoms with Gasteiger partial charge in [0.15, 0.2) is 0 Å². The van der Waals surface area contributed by atoms with E-state index in [1.165, 1.54) is 0 Å². The summed E-state index contributed by atoms with van der Waals surface area (Å²) >= 11 is 0. The van der Waals surface area contributed by atoms with Crippen molar-refractivity contribution in [1.29, 1.82) is 0 Å². The van der Waals surface area contributed by atoms with Crippen molar-refractivity contribution in [2.24, 2.45) is 17.6 Å². The lowest BCUT2D eigenvalue weighted by atomic mass is 9.91. The Kier molecular flexibility index (Phi) is 5.98. The number of hydrogen-bond donors (Lipinski definition) is 1. The molecule has 2 atom stereocenters. The standard InChI is InChI=1S/C18H29N3O/c1-14(17(19)16-7-5-4-6-8-16)18(22)21-11-9-15(10-12-21)13-20(2)3/h4-8,14-15,17H,9-13,19H2,1-3H3. The van der Waals surface area contributed by atoms with E-state index in [0.717, 1.165) is 38.0 Å². The molecule has 0 radical (unpaired) electrons. The summed E-state index contributed by atoms with van der Waals surface area (Å²) in [6.07, 6.45) is 2.19. The van der Waals surface area contributed by atoms with Gasteiger partial charge in [0, 0.05) is 25.7 Å². The van der Waals surface area contributed by atoms with Crippen molar-refractivity contribution < 1.29 is 4.79 Å². The highest BCUT2D eigenvalue weighted by molar-refractivity contribution is 5.79. The molecular weight excluding hydrogens is 274 g/mol. The molecule has 1 heterocycles. The van der Waals surface area contributed by atoms with E-state index in [4.69, 9.17) is 5.73 Å². The summed E-state index contributed by atoms with van der Waals surface area (Å²) in [5, 5.41) is 0. The minimum Gasteiger partial charge on any atom is -0.342 e. The second-order valence-corrected chi connectivity index (χ2v) is 6.76. The fraction of sp³-hybridized carbons (Fsp3) is 0.611.